The van der Waals surface area contributed by atoms with Gasteiger partial charge in [0.05, 0.1) is 31.1 Å². The number of fused-ring (bicyclic) bond motifs is 10. The zero-order valence-electron chi connectivity index (χ0n) is 78.9. The molecule has 29 nitrogen and oxygen atoms in total. The largest absolute Gasteiger partial charge is 0.456 e. The maximum atomic E-state index is 15.2. The Bertz CT molecular complexity index is 7570. The van der Waals surface area contributed by atoms with Crippen LogP contribution in [0.15, 0.2) is 247 Å². The molecule has 2 aliphatic carbocycles. The topological polar surface area (TPSA) is 406 Å². The molecule has 0 spiro atoms. The van der Waals surface area contributed by atoms with Crippen LogP contribution in [-0.2, 0) is 100 Å². The molecule has 8 N–H and O–H groups in total. The Morgan fingerprint density at radius 2 is 1.26 bits per heavy atom. The zero-order valence-corrected chi connectivity index (χ0v) is 83.0. The number of thiol groups is 1. The predicted molar refractivity (Wildman–Crippen MR) is 540 cm³/mol. The molecule has 9 aromatic rings. The lowest BCUT2D eigenvalue weighted by atomic mass is 9.79. The maximum absolute atomic E-state index is 15.2. The lowest BCUT2D eigenvalue weighted by molar-refractivity contribution is -0.433. The highest BCUT2D eigenvalue weighted by molar-refractivity contribution is 7.89. The van der Waals surface area contributed by atoms with Crippen molar-refractivity contribution >= 4 is 147 Å². The fraction of sp³-hybridized carbons (Fsp3) is 0.349. The quantitative estimate of drug-likeness (QED) is 0.00461. The Kier molecular flexibility index (Phi) is 28.8. The predicted octanol–water partition coefficient (Wildman–Crippen LogP) is 15.0. The van der Waals surface area contributed by atoms with Gasteiger partial charge in [0.15, 0.2) is 23.0 Å². The molecule has 1 saturated carbocycles. The summed E-state index contributed by atoms with van der Waals surface area (Å²) in [4.78, 5) is 71.8. The number of hydrogen-bond acceptors (Lipinski definition) is 18. The fourth-order valence-corrected chi connectivity index (χ4v) is 25.7. The summed E-state index contributed by atoms with van der Waals surface area (Å²) in [6, 6.07) is 52.0. The Balaban J connectivity index is 0.487. The molecular weight excluding hydrogens is 1880 g/mol. The average molecular weight is 1990 g/mol. The van der Waals surface area contributed by atoms with Gasteiger partial charge in [-0.05, 0) is 190 Å². The van der Waals surface area contributed by atoms with Crippen LogP contribution in [0.25, 0.3) is 55.0 Å². The van der Waals surface area contributed by atoms with Crippen LogP contribution < -0.4 is 46.3 Å². The number of nitrogens with one attached hydrogen (secondary N) is 5. The summed E-state index contributed by atoms with van der Waals surface area (Å²) in [5.41, 5.74) is 11.8. The number of nitrogens with zero attached hydrogens (tertiary/aromatic N) is 5. The minimum absolute atomic E-state index is 0.0496. The smallest absolute Gasteiger partial charge is 0.295 e. The second-order valence-corrected chi connectivity index (χ2v) is 45.1. The van der Waals surface area contributed by atoms with Crippen molar-refractivity contribution in [1.82, 2.24) is 35.5 Å². The molecule has 0 radical (unpaired) electrons. The molecule has 9 aromatic carbocycles. The fourth-order valence-electron chi connectivity index (χ4n) is 21.5. The van der Waals surface area contributed by atoms with E-state index < -0.39 is 112 Å². The number of rotatable bonds is 33. The number of piperidine rings is 1. The SMILES string of the molecule is CC[C@H](NC(=O)[C@H](CC1CCCCC1)NC(=O)c1ccc(CCNC(=O)C2CCN(S(=O)(=O)c3ccccc3-c3c4cc/c(=[N+]5/CCc6ccccc65)cc-4oc4cc(N5CCc6ccccc65)ccc34)CC2)cc1)C(=O)NCCNC(=O)CCCCCN1\C(=C/C=C/C=C/C2=[N+](CC)c3ccc4c(S(=O)(=O)O)cc(S(=O)(=O)O)cc4c3C2(C)C)C(C)(C)c2c1ccc1c([SH](=O)=O)cc(S(=O)(=O)O)cc21. The molecule has 2 fully saturated rings. The molecule has 140 heavy (non-hydrogen) atoms. The zero-order chi connectivity index (χ0) is 99.1. The van der Waals surface area contributed by atoms with E-state index in [-0.39, 0.29) is 82.7 Å². The van der Waals surface area contributed by atoms with Crippen LogP contribution in [-0.4, -0.2) is 171 Å². The minimum Gasteiger partial charge on any atom is -0.456 e. The van der Waals surface area contributed by atoms with Crippen LogP contribution in [0.3, 0.4) is 0 Å². The van der Waals surface area contributed by atoms with Gasteiger partial charge in [-0.2, -0.15) is 38.7 Å². The summed E-state index contributed by atoms with van der Waals surface area (Å²) in [5, 5.41) is 17.2. The van der Waals surface area contributed by atoms with E-state index >= 15 is 8.42 Å². The van der Waals surface area contributed by atoms with Crippen molar-refractivity contribution in [3.05, 3.63) is 257 Å². The van der Waals surface area contributed by atoms with Crippen LogP contribution in [0.4, 0.5) is 28.4 Å². The monoisotopic (exact) mass is 1990 g/mol. The minimum atomic E-state index is -4.97. The van der Waals surface area contributed by atoms with Crippen LogP contribution in [0.2, 0.25) is 0 Å². The molecule has 0 unspecified atom stereocenters. The summed E-state index contributed by atoms with van der Waals surface area (Å²) < 4.78 is 175. The summed E-state index contributed by atoms with van der Waals surface area (Å²) >= 11 is 0. The molecule has 8 aliphatic rings. The van der Waals surface area contributed by atoms with Crippen molar-refractivity contribution in [1.29, 1.82) is 0 Å². The van der Waals surface area contributed by atoms with Crippen molar-refractivity contribution in [2.75, 3.05) is 68.7 Å². The molecule has 732 valence electrons. The van der Waals surface area contributed by atoms with E-state index in [1.807, 2.05) is 87.7 Å². The number of carbonyl (C=O) groups is 5. The lowest BCUT2D eigenvalue weighted by Crippen LogP contribution is -2.54. The first-order valence-corrected chi connectivity index (χ1v) is 54.8. The second kappa shape index (κ2) is 40.7. The first kappa shape index (κ1) is 99.2. The second-order valence-electron chi connectivity index (χ2n) is 38.0. The first-order valence-electron chi connectivity index (χ1n) is 47.8. The van der Waals surface area contributed by atoms with Gasteiger partial charge in [0.1, 0.15) is 34.9 Å². The molecule has 1 saturated heterocycles. The van der Waals surface area contributed by atoms with Gasteiger partial charge in [0.25, 0.3) is 36.3 Å². The average Bonchev–Trinajstić information content (AvgIpc) is 1.54. The van der Waals surface area contributed by atoms with Gasteiger partial charge < -0.3 is 40.8 Å². The van der Waals surface area contributed by atoms with E-state index in [2.05, 4.69) is 102 Å². The molecule has 0 bridgehead atoms. The molecule has 5 amide bonds. The van der Waals surface area contributed by atoms with Crippen LogP contribution in [0.5, 0.6) is 0 Å². The molecule has 17 rings (SSSR count). The van der Waals surface area contributed by atoms with Gasteiger partial charge in [-0.25, -0.2) is 16.8 Å². The Morgan fingerprint density at radius 1 is 0.571 bits per heavy atom. The van der Waals surface area contributed by atoms with Crippen molar-refractivity contribution < 1.29 is 88.7 Å². The highest BCUT2D eigenvalue weighted by Crippen LogP contribution is 2.53. The van der Waals surface area contributed by atoms with Crippen LogP contribution in [0.1, 0.15) is 163 Å². The standard InChI is InChI=1S/C106H114N10O19S5/c1-7-84(103(120)109-54-53-107-97(117)34-16-11-23-55-116-89-45-43-77-82(63-75(138(126,127)128)65-92(77)136(122)123)99(89)106(5,6)96(116)33-15-10-14-32-95-105(3,4)100-83-64-76(139(129,130)131)66-94(140(132,133)134)78(83)44-46-88(100)113(95)8-2)110-104(121)85(60-68-24-12-9-13-25-68)111-102(119)71-37-35-67(36-38-71)47-52-108-101(118)72-48-56-112(57-49-72)137(124,125)93-31-22-19-28-81(93)98-79-41-39-73(114-58-50-69-26-17-20-29-86(69)114)61-90(79)135-91-62-74(40-42-80(91)98)115-59-51-70-27-18-21-30-87(70)115/h10,14-15,17-22,26-33,35-46,61-66,68,72,84-85,136H,7-9,11-13,16,23-25,34,47-60H2,1-6H3,(H6-2,107,108,109,110,111,117,118,119,120,121,126,127,128,129,130,131,132,133,134)/p+2/t84-,85-/m0/s1. The molecular formula is C106H116N10O19S5+2. The molecule has 0 aromatic heterocycles. The highest BCUT2D eigenvalue weighted by atomic mass is 32.2. The molecule has 34 heteroatoms. The Labute approximate surface area is 817 Å². The molecule has 6 aliphatic heterocycles. The summed E-state index contributed by atoms with van der Waals surface area (Å²) in [5.74, 6) is -1.51. The Hall–Kier alpha value is -12.4. The van der Waals surface area contributed by atoms with Gasteiger partial charge in [-0.1, -0.05) is 150 Å². The third-order valence-electron chi connectivity index (χ3n) is 28.5. The van der Waals surface area contributed by atoms with Gasteiger partial charge in [-0.15, -0.1) is 0 Å². The number of para-hydroxylation sites is 2. The van der Waals surface area contributed by atoms with Gasteiger partial charge in [-0.3, -0.25) is 37.6 Å². The molecule has 2 atom stereocenters. The number of allylic oxidation sites excluding steroid dienone is 6. The first-order chi connectivity index (χ1) is 66.9. The van der Waals surface area contributed by atoms with Gasteiger partial charge in [0.2, 0.25) is 50.4 Å². The van der Waals surface area contributed by atoms with E-state index in [1.54, 1.807) is 79.7 Å². The van der Waals surface area contributed by atoms with E-state index in [0.717, 1.165) is 120 Å². The van der Waals surface area contributed by atoms with Crippen LogP contribution >= 0.6 is 0 Å². The molecule has 6 heterocycles. The highest BCUT2D eigenvalue weighted by Gasteiger charge is 2.47. The normalized spacial score (nSPS) is 17.5. The van der Waals surface area contributed by atoms with E-state index in [0.29, 0.717) is 121 Å². The number of amides is 5. The van der Waals surface area contributed by atoms with Crippen molar-refractivity contribution in [3.8, 4) is 22.5 Å². The third-order valence-corrected chi connectivity index (χ3v) is 33.8. The number of hydrogen-bond donors (Lipinski definition) is 9. The van der Waals surface area contributed by atoms with Crippen LogP contribution in [0, 0.1) is 11.8 Å². The van der Waals surface area contributed by atoms with Crippen molar-refractivity contribution in [3.63, 3.8) is 0 Å². The number of anilines is 3. The van der Waals surface area contributed by atoms with Crippen molar-refractivity contribution in [2.45, 2.75) is 192 Å². The van der Waals surface area contributed by atoms with E-state index in [1.165, 1.54) is 33.6 Å². The maximum Gasteiger partial charge on any atom is 0.295 e. The summed E-state index contributed by atoms with van der Waals surface area (Å²) in [6.45, 7) is 14.4. The lowest BCUT2D eigenvalue weighted by Gasteiger charge is -2.31. The summed E-state index contributed by atoms with van der Waals surface area (Å²) in [7, 11) is -22.2. The van der Waals surface area contributed by atoms with E-state index in [4.69, 9.17) is 4.42 Å². The number of sulfonamides is 1. The number of carbonyl (C=O) groups excluding carboxylic acids is 5. The van der Waals surface area contributed by atoms with Gasteiger partial charge >= 0.3 is 0 Å². The number of unbranched alkanes of at least 4 members (excludes halogenated alkanes) is 2. The van der Waals surface area contributed by atoms with Crippen molar-refractivity contribution in [2.24, 2.45) is 11.8 Å². The Morgan fingerprint density at radius 3 is 1.99 bits per heavy atom. The number of benzene rings is 10. The third kappa shape index (κ3) is 20.4. The van der Waals surface area contributed by atoms with Gasteiger partial charge in [0, 0.05) is 173 Å². The van der Waals surface area contributed by atoms with E-state index in [9.17, 15) is 71.3 Å². The summed E-state index contributed by atoms with van der Waals surface area (Å²) in [6.07, 6.45) is 19.2.